The number of ether oxygens (including phenoxy) is 1. The van der Waals surface area contributed by atoms with Crippen LogP contribution < -0.4 is 38.8 Å². The van der Waals surface area contributed by atoms with E-state index in [9.17, 15) is 5.11 Å². The first-order valence-electron chi connectivity index (χ1n) is 12.7. The Kier molecular flexibility index (Phi) is 8.82. The third-order valence-corrected chi connectivity index (χ3v) is 8.34. The zero-order chi connectivity index (χ0) is 22.8. The number of hydrogen-bond acceptors (Lipinski definition) is 5. The monoisotopic (exact) mass is 593 g/mol. The van der Waals surface area contributed by atoms with Crippen molar-refractivity contribution in [3.63, 3.8) is 0 Å². The molecule has 1 aromatic rings. The Hall–Kier alpha value is -1.29. The van der Waals surface area contributed by atoms with Gasteiger partial charge in [0.05, 0.1) is 20.8 Å². The van der Waals surface area contributed by atoms with Gasteiger partial charge in [0.25, 0.3) is 0 Å². The summed E-state index contributed by atoms with van der Waals surface area (Å²) in [6.45, 7) is 9.30. The fraction of sp³-hybridized carbons (Fsp3) is 0.556. The Labute approximate surface area is 223 Å². The molecule has 2 saturated heterocycles. The maximum absolute atomic E-state index is 9.61. The number of morpholine rings is 1. The Balaban J connectivity index is 0.00000274. The molecule has 3 aliphatic heterocycles. The van der Waals surface area contributed by atoms with E-state index in [4.69, 9.17) is 9.72 Å². The second-order valence-electron chi connectivity index (χ2n) is 9.28. The second kappa shape index (κ2) is 11.6. The maximum Gasteiger partial charge on any atom is 0.201 e. The highest BCUT2D eigenvalue weighted by molar-refractivity contribution is 7.21. The van der Waals surface area contributed by atoms with Crippen molar-refractivity contribution in [2.45, 2.75) is 58.4 Å². The number of nitrogens with zero attached hydrogens (tertiary/aromatic N) is 3. The van der Waals surface area contributed by atoms with Crippen LogP contribution in [0, 0.1) is 0 Å². The van der Waals surface area contributed by atoms with Crippen molar-refractivity contribution in [1.29, 1.82) is 0 Å². The van der Waals surface area contributed by atoms with Crippen molar-refractivity contribution in [2.75, 3.05) is 44.4 Å². The van der Waals surface area contributed by atoms with Gasteiger partial charge in [-0.15, -0.1) is 11.3 Å². The number of aliphatic hydroxyl groups is 1. The van der Waals surface area contributed by atoms with Crippen molar-refractivity contribution in [2.24, 2.45) is 0 Å². The van der Waals surface area contributed by atoms with Gasteiger partial charge in [-0.3, -0.25) is 0 Å². The second-order valence-corrected chi connectivity index (χ2v) is 10.4. The first-order valence-corrected chi connectivity index (χ1v) is 13.5. The molecule has 184 valence electrons. The summed E-state index contributed by atoms with van der Waals surface area (Å²) >= 11 is 1.88. The highest BCUT2D eigenvalue weighted by Crippen LogP contribution is 2.37. The van der Waals surface area contributed by atoms with Crippen LogP contribution in [0.1, 0.15) is 50.7 Å². The SMILES string of the molecule is CCc1cc(=[N+]2CCOCC2)cc2sc3cc(N4CCCCC4CCO)cc(CC)c3nc1-2.[I-]. The van der Waals surface area contributed by atoms with Crippen LogP contribution in [-0.4, -0.2) is 55.6 Å². The number of hydrogen-bond donors (Lipinski definition) is 1. The zero-order valence-corrected chi connectivity index (χ0v) is 23.3. The smallest absolute Gasteiger partial charge is 0.201 e. The molecule has 0 amide bonds. The number of anilines is 1. The fourth-order valence-electron chi connectivity index (χ4n) is 5.44. The number of halogens is 1. The Morgan fingerprint density at radius 3 is 2.62 bits per heavy atom. The van der Waals surface area contributed by atoms with Crippen molar-refractivity contribution >= 4 is 27.2 Å². The number of aliphatic hydroxyl groups excluding tert-OH is 1. The molecule has 0 radical (unpaired) electrons. The van der Waals surface area contributed by atoms with Crippen LogP contribution in [0.4, 0.5) is 5.69 Å². The molecule has 0 saturated carbocycles. The van der Waals surface area contributed by atoms with Gasteiger partial charge in [-0.05, 0) is 61.8 Å². The van der Waals surface area contributed by atoms with Gasteiger partial charge in [-0.1, -0.05) is 13.8 Å². The molecule has 1 aromatic carbocycles. The van der Waals surface area contributed by atoms with E-state index >= 15 is 0 Å². The normalized spacial score (nSPS) is 19.0. The maximum atomic E-state index is 9.61. The summed E-state index contributed by atoms with van der Waals surface area (Å²) in [5.74, 6) is 0. The van der Waals surface area contributed by atoms with Gasteiger partial charge in [0, 0.05) is 37.0 Å². The number of rotatable bonds is 5. The lowest BCUT2D eigenvalue weighted by molar-refractivity contribution is -0.00000869. The number of fused-ring (bicyclic) bond motifs is 2. The number of aromatic nitrogens is 1. The molecule has 7 heteroatoms. The lowest BCUT2D eigenvalue weighted by atomic mass is 9.98. The lowest BCUT2D eigenvalue weighted by Gasteiger charge is -2.38. The van der Waals surface area contributed by atoms with E-state index in [1.54, 1.807) is 0 Å². The highest BCUT2D eigenvalue weighted by atomic mass is 127. The van der Waals surface area contributed by atoms with Crippen molar-refractivity contribution < 1.29 is 33.8 Å². The van der Waals surface area contributed by atoms with Gasteiger partial charge in [-0.2, -0.15) is 0 Å². The van der Waals surface area contributed by atoms with Gasteiger partial charge in [0.15, 0.2) is 13.1 Å². The number of piperidine rings is 1. The molecule has 2 fully saturated rings. The van der Waals surface area contributed by atoms with Crippen LogP contribution in [0.5, 0.6) is 0 Å². The van der Waals surface area contributed by atoms with Crippen LogP contribution in [0.3, 0.4) is 0 Å². The van der Waals surface area contributed by atoms with E-state index in [0.717, 1.165) is 63.3 Å². The highest BCUT2D eigenvalue weighted by Gasteiger charge is 2.24. The minimum absolute atomic E-state index is 0. The summed E-state index contributed by atoms with van der Waals surface area (Å²) in [4.78, 5) is 9.07. The topological polar surface area (TPSA) is 48.6 Å². The molecule has 0 spiro atoms. The van der Waals surface area contributed by atoms with E-state index in [1.807, 2.05) is 11.3 Å². The minimum Gasteiger partial charge on any atom is -1.00 e. The Morgan fingerprint density at radius 1 is 1.09 bits per heavy atom. The summed E-state index contributed by atoms with van der Waals surface area (Å²) in [6, 6.07) is 9.83. The van der Waals surface area contributed by atoms with E-state index < -0.39 is 0 Å². The molecule has 5 rings (SSSR count). The van der Waals surface area contributed by atoms with Crippen molar-refractivity contribution in [1.82, 2.24) is 9.56 Å². The molecule has 0 bridgehead atoms. The third-order valence-electron chi connectivity index (χ3n) is 7.28. The quantitative estimate of drug-likeness (QED) is 0.274. The van der Waals surface area contributed by atoms with Crippen LogP contribution in [-0.2, 0) is 17.6 Å². The van der Waals surface area contributed by atoms with Crippen LogP contribution >= 0.6 is 11.3 Å². The van der Waals surface area contributed by atoms with Crippen molar-refractivity contribution in [3.05, 3.63) is 40.7 Å². The van der Waals surface area contributed by atoms with E-state index in [2.05, 4.69) is 47.6 Å². The molecule has 1 atom stereocenters. The van der Waals surface area contributed by atoms with Gasteiger partial charge < -0.3 is 38.7 Å². The Morgan fingerprint density at radius 2 is 1.88 bits per heavy atom. The standard InChI is InChI=1S/C27H36N3O2S.HI/c1-3-19-15-22(29-10-13-32-14-11-29)17-24-26(19)28-27-20(4-2)16-23(18-25(27)33-24)30-9-6-5-7-21(30)8-12-31;/h15-18,21,31H,3-14H2,1-2H3;1H/q+1;/p-1. The van der Waals surface area contributed by atoms with Gasteiger partial charge in [0.1, 0.15) is 13.2 Å². The van der Waals surface area contributed by atoms with Crippen LogP contribution in [0.25, 0.3) is 20.8 Å². The van der Waals surface area contributed by atoms with Gasteiger partial charge >= 0.3 is 0 Å². The number of benzene rings is 2. The average Bonchev–Trinajstić information content (AvgIpc) is 2.87. The minimum atomic E-state index is 0. The summed E-state index contributed by atoms with van der Waals surface area (Å²) in [5.41, 5.74) is 6.27. The van der Waals surface area contributed by atoms with Crippen LogP contribution in [0.15, 0.2) is 24.3 Å². The molecule has 1 N–H and O–H groups in total. The summed E-state index contributed by atoms with van der Waals surface area (Å²) in [6.07, 6.45) is 6.46. The summed E-state index contributed by atoms with van der Waals surface area (Å²) in [5, 5.41) is 10.9. The Bertz CT molecular complexity index is 1170. The molecule has 0 aromatic heterocycles. The molecule has 34 heavy (non-hydrogen) atoms. The molecular weight excluding hydrogens is 557 g/mol. The first kappa shape index (κ1) is 25.8. The predicted octanol–water partition coefficient (Wildman–Crippen LogP) is 1.07. The molecule has 1 aliphatic carbocycles. The zero-order valence-electron chi connectivity index (χ0n) is 20.4. The van der Waals surface area contributed by atoms with Gasteiger partial charge in [0.2, 0.25) is 5.36 Å². The number of aryl methyl sites for hydroxylation is 2. The molecule has 3 heterocycles. The predicted molar refractivity (Wildman–Crippen MR) is 138 cm³/mol. The third kappa shape index (κ3) is 5.13. The molecule has 4 aliphatic rings. The lowest BCUT2D eigenvalue weighted by Crippen LogP contribution is -3.00. The first-order chi connectivity index (χ1) is 16.2. The van der Waals surface area contributed by atoms with E-state index in [0.29, 0.717) is 6.04 Å². The van der Waals surface area contributed by atoms with E-state index in [1.165, 1.54) is 51.0 Å². The molecule has 5 nitrogen and oxygen atoms in total. The molecular formula is C27H36IN3O2S. The van der Waals surface area contributed by atoms with Crippen molar-refractivity contribution in [3.8, 4) is 10.6 Å². The largest absolute Gasteiger partial charge is 1.00 e. The summed E-state index contributed by atoms with van der Waals surface area (Å²) < 4.78 is 9.29. The van der Waals surface area contributed by atoms with E-state index in [-0.39, 0.29) is 30.6 Å². The summed E-state index contributed by atoms with van der Waals surface area (Å²) in [7, 11) is 0. The van der Waals surface area contributed by atoms with Crippen LogP contribution in [0.2, 0.25) is 0 Å². The molecule has 1 unspecified atom stereocenters. The fourth-order valence-corrected chi connectivity index (χ4v) is 6.58. The average molecular weight is 594 g/mol. The van der Waals surface area contributed by atoms with Gasteiger partial charge in [-0.25, -0.2) is 9.56 Å².